The Morgan fingerprint density at radius 3 is 2.81 bits per heavy atom. The normalized spacial score (nSPS) is 10.5. The third-order valence-electron chi connectivity index (χ3n) is 3.38. The van der Waals surface area contributed by atoms with Crippen molar-refractivity contribution in [3.05, 3.63) is 45.7 Å². The molecule has 112 valence electrons. The zero-order valence-electron chi connectivity index (χ0n) is 12.4. The molecule has 0 aliphatic rings. The lowest BCUT2D eigenvalue weighted by Gasteiger charge is -2.13. The number of thiocarbonyl (C=S) groups is 1. The fourth-order valence-electron chi connectivity index (χ4n) is 1.94. The molecule has 0 unspecified atom stereocenters. The second-order valence-electron chi connectivity index (χ2n) is 4.83. The molecular weight excluding hydrogens is 348 g/mol. The predicted octanol–water partition coefficient (Wildman–Crippen LogP) is 3.77. The van der Waals surface area contributed by atoms with Crippen molar-refractivity contribution >= 4 is 38.9 Å². The minimum atomic E-state index is 0.588. The number of nitrogens with one attached hydrogen (secondary N) is 2. The lowest BCUT2D eigenvalue weighted by atomic mass is 10.1. The monoisotopic (exact) mass is 366 g/mol. The molecule has 1 heterocycles. The molecule has 2 aromatic rings. The van der Waals surface area contributed by atoms with Crippen LogP contribution in [0.3, 0.4) is 0 Å². The minimum absolute atomic E-state index is 0.588. The van der Waals surface area contributed by atoms with Crippen LogP contribution in [0.25, 0.3) is 0 Å². The summed E-state index contributed by atoms with van der Waals surface area (Å²) in [5.41, 5.74) is 4.43. The molecular formula is C15H19BrN4S. The van der Waals surface area contributed by atoms with E-state index in [2.05, 4.69) is 58.5 Å². The van der Waals surface area contributed by atoms with Gasteiger partial charge in [0.15, 0.2) is 5.11 Å². The molecule has 0 radical (unpaired) electrons. The highest BCUT2D eigenvalue weighted by Crippen LogP contribution is 2.18. The quantitative estimate of drug-likeness (QED) is 0.808. The molecule has 0 amide bonds. The average Bonchev–Trinajstić information content (AvgIpc) is 2.82. The molecule has 0 atom stereocenters. The van der Waals surface area contributed by atoms with Crippen LogP contribution in [0.1, 0.15) is 23.7 Å². The smallest absolute Gasteiger partial charge is 0.171 e. The summed E-state index contributed by atoms with van der Waals surface area (Å²) in [6.07, 6.45) is 1.97. The first-order chi connectivity index (χ1) is 10.0. The first kappa shape index (κ1) is 16.0. The van der Waals surface area contributed by atoms with Gasteiger partial charge in [0.2, 0.25) is 0 Å². The third kappa shape index (κ3) is 4.04. The summed E-state index contributed by atoms with van der Waals surface area (Å²) >= 11 is 8.85. The Kier molecular flexibility index (Phi) is 5.36. The highest BCUT2D eigenvalue weighted by Gasteiger charge is 2.07. The van der Waals surface area contributed by atoms with E-state index in [1.54, 1.807) is 0 Å². The van der Waals surface area contributed by atoms with E-state index in [-0.39, 0.29) is 0 Å². The average molecular weight is 367 g/mol. The van der Waals surface area contributed by atoms with Crippen molar-refractivity contribution in [2.75, 3.05) is 5.32 Å². The number of halogens is 1. The van der Waals surface area contributed by atoms with E-state index in [4.69, 9.17) is 12.2 Å². The summed E-state index contributed by atoms with van der Waals surface area (Å²) in [6.45, 7) is 7.67. The Hall–Kier alpha value is -1.40. The van der Waals surface area contributed by atoms with E-state index in [0.29, 0.717) is 11.7 Å². The van der Waals surface area contributed by atoms with Gasteiger partial charge in [-0.2, -0.15) is 5.10 Å². The molecule has 1 aromatic heterocycles. The molecule has 1 aromatic carbocycles. The third-order valence-corrected chi connectivity index (χ3v) is 4.29. The zero-order valence-corrected chi connectivity index (χ0v) is 14.8. The van der Waals surface area contributed by atoms with Gasteiger partial charge in [0.1, 0.15) is 0 Å². The maximum absolute atomic E-state index is 5.34. The fourth-order valence-corrected chi connectivity index (χ4v) is 2.57. The number of benzene rings is 1. The number of anilines is 1. The van der Waals surface area contributed by atoms with Gasteiger partial charge in [-0.15, -0.1) is 0 Å². The van der Waals surface area contributed by atoms with Gasteiger partial charge in [-0.05, 0) is 66.1 Å². The minimum Gasteiger partial charge on any atom is -0.357 e. The van der Waals surface area contributed by atoms with Crippen LogP contribution in [0, 0.1) is 13.8 Å². The molecule has 0 spiro atoms. The lowest BCUT2D eigenvalue weighted by Crippen LogP contribution is -2.28. The van der Waals surface area contributed by atoms with E-state index >= 15 is 0 Å². The number of aromatic nitrogens is 2. The van der Waals surface area contributed by atoms with E-state index in [1.165, 1.54) is 11.1 Å². The Balaban J connectivity index is 1.96. The van der Waals surface area contributed by atoms with Gasteiger partial charge < -0.3 is 10.6 Å². The topological polar surface area (TPSA) is 41.9 Å². The van der Waals surface area contributed by atoms with Crippen molar-refractivity contribution in [2.45, 2.75) is 33.9 Å². The van der Waals surface area contributed by atoms with Crippen LogP contribution in [0.15, 0.2) is 28.9 Å². The first-order valence-electron chi connectivity index (χ1n) is 6.84. The summed E-state index contributed by atoms with van der Waals surface area (Å²) < 4.78 is 2.88. The van der Waals surface area contributed by atoms with Crippen molar-refractivity contribution in [3.8, 4) is 0 Å². The summed E-state index contributed by atoms with van der Waals surface area (Å²) in [5, 5.41) is 11.5. The standard InChI is InChI=1S/C15H19BrN4S/c1-4-20-9-12(16)14(19-20)8-17-15(21)18-13-7-5-6-10(2)11(13)3/h5-7,9H,4,8H2,1-3H3,(H2,17,18,21). The van der Waals surface area contributed by atoms with Gasteiger partial charge in [-0.3, -0.25) is 4.68 Å². The van der Waals surface area contributed by atoms with E-state index < -0.39 is 0 Å². The van der Waals surface area contributed by atoms with Crippen molar-refractivity contribution in [1.29, 1.82) is 0 Å². The van der Waals surface area contributed by atoms with Crippen LogP contribution in [-0.2, 0) is 13.1 Å². The Morgan fingerprint density at radius 2 is 2.14 bits per heavy atom. The fraction of sp³-hybridized carbons (Fsp3) is 0.333. The number of hydrogen-bond acceptors (Lipinski definition) is 2. The van der Waals surface area contributed by atoms with Crippen molar-refractivity contribution in [1.82, 2.24) is 15.1 Å². The van der Waals surface area contributed by atoms with Gasteiger partial charge in [0, 0.05) is 18.4 Å². The maximum Gasteiger partial charge on any atom is 0.171 e. The van der Waals surface area contributed by atoms with Crippen LogP contribution >= 0.6 is 28.1 Å². The number of hydrogen-bond donors (Lipinski definition) is 2. The van der Waals surface area contributed by atoms with Crippen molar-refractivity contribution < 1.29 is 0 Å². The number of aryl methyl sites for hydroxylation is 2. The second-order valence-corrected chi connectivity index (χ2v) is 6.10. The Bertz CT molecular complexity index is 651. The number of rotatable bonds is 4. The van der Waals surface area contributed by atoms with Crippen LogP contribution in [0.5, 0.6) is 0 Å². The predicted molar refractivity (Wildman–Crippen MR) is 94.6 cm³/mol. The van der Waals surface area contributed by atoms with Crippen molar-refractivity contribution in [3.63, 3.8) is 0 Å². The molecule has 0 saturated heterocycles. The van der Waals surface area contributed by atoms with Crippen LogP contribution in [0.4, 0.5) is 5.69 Å². The van der Waals surface area contributed by atoms with Gasteiger partial charge >= 0.3 is 0 Å². The Morgan fingerprint density at radius 1 is 1.38 bits per heavy atom. The molecule has 4 nitrogen and oxygen atoms in total. The molecule has 6 heteroatoms. The first-order valence-corrected chi connectivity index (χ1v) is 8.04. The lowest BCUT2D eigenvalue weighted by molar-refractivity contribution is 0.643. The van der Waals surface area contributed by atoms with E-state index in [1.807, 2.05) is 23.0 Å². The van der Waals surface area contributed by atoms with Crippen LogP contribution in [0.2, 0.25) is 0 Å². The van der Waals surface area contributed by atoms with Crippen LogP contribution in [-0.4, -0.2) is 14.9 Å². The molecule has 21 heavy (non-hydrogen) atoms. The molecule has 2 rings (SSSR count). The molecule has 0 aliphatic heterocycles. The molecule has 0 bridgehead atoms. The molecule has 2 N–H and O–H groups in total. The largest absolute Gasteiger partial charge is 0.357 e. The highest BCUT2D eigenvalue weighted by molar-refractivity contribution is 9.10. The summed E-state index contributed by atoms with van der Waals surface area (Å²) in [5.74, 6) is 0. The van der Waals surface area contributed by atoms with Crippen molar-refractivity contribution in [2.24, 2.45) is 0 Å². The molecule has 0 saturated carbocycles. The van der Waals surface area contributed by atoms with Gasteiger partial charge in [-0.25, -0.2) is 0 Å². The van der Waals surface area contributed by atoms with E-state index in [0.717, 1.165) is 22.4 Å². The molecule has 0 fully saturated rings. The summed E-state index contributed by atoms with van der Waals surface area (Å²) in [6, 6.07) is 6.14. The Labute approximate surface area is 139 Å². The van der Waals surface area contributed by atoms with Gasteiger partial charge in [-0.1, -0.05) is 12.1 Å². The summed E-state index contributed by atoms with van der Waals surface area (Å²) in [7, 11) is 0. The van der Waals surface area contributed by atoms with Gasteiger partial charge in [0.25, 0.3) is 0 Å². The second kappa shape index (κ2) is 7.04. The van der Waals surface area contributed by atoms with Gasteiger partial charge in [0.05, 0.1) is 16.7 Å². The van der Waals surface area contributed by atoms with E-state index in [9.17, 15) is 0 Å². The molecule has 0 aliphatic carbocycles. The maximum atomic E-state index is 5.34. The highest BCUT2D eigenvalue weighted by atomic mass is 79.9. The summed E-state index contributed by atoms with van der Waals surface area (Å²) in [4.78, 5) is 0. The number of nitrogens with zero attached hydrogens (tertiary/aromatic N) is 2. The van der Waals surface area contributed by atoms with Crippen LogP contribution < -0.4 is 10.6 Å². The zero-order chi connectivity index (χ0) is 15.4. The SMILES string of the molecule is CCn1cc(Br)c(CNC(=S)Nc2cccc(C)c2C)n1.